The summed E-state index contributed by atoms with van der Waals surface area (Å²) in [7, 11) is 0. The SMILES string of the molecule is CCOC1CCNCC1.Fc1cc2ccc1o2. The van der Waals surface area contributed by atoms with E-state index in [2.05, 4.69) is 12.2 Å². The van der Waals surface area contributed by atoms with Crippen molar-refractivity contribution >= 4 is 11.2 Å². The smallest absolute Gasteiger partial charge is 0.169 e. The van der Waals surface area contributed by atoms with Crippen molar-refractivity contribution in [3.63, 3.8) is 0 Å². The first-order valence-corrected chi connectivity index (χ1v) is 6.09. The van der Waals surface area contributed by atoms with Gasteiger partial charge in [0, 0.05) is 12.7 Å². The number of furan rings is 2. The van der Waals surface area contributed by atoms with Crippen molar-refractivity contribution in [2.75, 3.05) is 19.7 Å². The van der Waals surface area contributed by atoms with Crippen LogP contribution in [0.5, 0.6) is 0 Å². The Morgan fingerprint density at radius 1 is 1.41 bits per heavy atom. The molecule has 4 heteroatoms. The van der Waals surface area contributed by atoms with E-state index in [4.69, 9.17) is 9.15 Å². The van der Waals surface area contributed by atoms with Gasteiger partial charge in [0.05, 0.1) is 6.10 Å². The van der Waals surface area contributed by atoms with E-state index < -0.39 is 0 Å². The lowest BCUT2D eigenvalue weighted by Crippen LogP contribution is -2.32. The highest BCUT2D eigenvalue weighted by Gasteiger charge is 2.11. The Bertz CT molecular complexity index is 420. The molecule has 2 aromatic heterocycles. The number of nitrogens with one attached hydrogen (secondary N) is 1. The van der Waals surface area contributed by atoms with E-state index in [0.717, 1.165) is 19.7 Å². The third kappa shape index (κ3) is 3.41. The minimum Gasteiger partial charge on any atom is -0.454 e. The summed E-state index contributed by atoms with van der Waals surface area (Å²) in [6.07, 6.45) is 2.91. The Hall–Kier alpha value is -1.13. The molecule has 1 aliphatic rings. The predicted octanol–water partition coefficient (Wildman–Crippen LogP) is 2.78. The lowest BCUT2D eigenvalue weighted by atomic mass is 10.1. The van der Waals surface area contributed by atoms with Gasteiger partial charge in [0.15, 0.2) is 11.4 Å². The molecule has 0 atom stereocenters. The van der Waals surface area contributed by atoms with E-state index in [1.165, 1.54) is 18.9 Å². The van der Waals surface area contributed by atoms with Gasteiger partial charge in [-0.2, -0.15) is 0 Å². The summed E-state index contributed by atoms with van der Waals surface area (Å²) in [5.41, 5.74) is 0.956. The third-order valence-electron chi connectivity index (χ3n) is 2.82. The zero-order valence-electron chi connectivity index (χ0n) is 10.0. The second-order valence-electron chi connectivity index (χ2n) is 4.10. The summed E-state index contributed by atoms with van der Waals surface area (Å²) in [5, 5.41) is 3.29. The zero-order valence-corrected chi connectivity index (χ0v) is 10.0. The van der Waals surface area contributed by atoms with Gasteiger partial charge in [-0.05, 0) is 45.0 Å². The van der Waals surface area contributed by atoms with Crippen LogP contribution in [0.2, 0.25) is 0 Å². The molecule has 0 radical (unpaired) electrons. The van der Waals surface area contributed by atoms with E-state index in [-0.39, 0.29) is 5.82 Å². The van der Waals surface area contributed by atoms with Crippen molar-refractivity contribution in [1.29, 1.82) is 0 Å². The minimum absolute atomic E-state index is 0.262. The molecular weight excluding hydrogens is 221 g/mol. The van der Waals surface area contributed by atoms with Gasteiger partial charge in [0.25, 0.3) is 0 Å². The Morgan fingerprint density at radius 2 is 2.18 bits per heavy atom. The molecule has 0 amide bonds. The van der Waals surface area contributed by atoms with Gasteiger partial charge in [0.2, 0.25) is 0 Å². The first kappa shape index (κ1) is 12.3. The van der Waals surface area contributed by atoms with Gasteiger partial charge in [0.1, 0.15) is 5.58 Å². The second kappa shape index (κ2) is 5.98. The van der Waals surface area contributed by atoms with Crippen molar-refractivity contribution in [3.8, 4) is 0 Å². The van der Waals surface area contributed by atoms with Gasteiger partial charge in [-0.25, -0.2) is 4.39 Å². The van der Waals surface area contributed by atoms with Crippen LogP contribution in [0.1, 0.15) is 19.8 Å². The zero-order chi connectivity index (χ0) is 12.1. The summed E-state index contributed by atoms with van der Waals surface area (Å²) in [6, 6.07) is 4.72. The normalized spacial score (nSPS) is 17.1. The fourth-order valence-corrected chi connectivity index (χ4v) is 1.95. The summed E-state index contributed by atoms with van der Waals surface area (Å²) in [5.74, 6) is -0.262. The quantitative estimate of drug-likeness (QED) is 0.875. The van der Waals surface area contributed by atoms with E-state index in [0.29, 0.717) is 17.3 Å². The molecule has 0 saturated carbocycles. The molecule has 2 aromatic rings. The number of rotatable bonds is 2. The average molecular weight is 239 g/mol. The predicted molar refractivity (Wildman–Crippen MR) is 64.9 cm³/mol. The minimum atomic E-state index is -0.262. The summed E-state index contributed by atoms with van der Waals surface area (Å²) in [6.45, 7) is 5.18. The van der Waals surface area contributed by atoms with Gasteiger partial charge >= 0.3 is 0 Å². The Balaban J connectivity index is 0.000000127. The lowest BCUT2D eigenvalue weighted by molar-refractivity contribution is 0.0416. The van der Waals surface area contributed by atoms with Crippen LogP contribution in [0.3, 0.4) is 0 Å². The van der Waals surface area contributed by atoms with Gasteiger partial charge in [-0.3, -0.25) is 0 Å². The van der Waals surface area contributed by atoms with Crippen LogP contribution in [-0.2, 0) is 4.74 Å². The summed E-state index contributed by atoms with van der Waals surface area (Å²) >= 11 is 0. The molecule has 1 saturated heterocycles. The van der Waals surface area contributed by atoms with Gasteiger partial charge in [-0.1, -0.05) is 0 Å². The molecular formula is C13H18FNO2. The van der Waals surface area contributed by atoms with Gasteiger partial charge in [-0.15, -0.1) is 0 Å². The van der Waals surface area contributed by atoms with E-state index in [9.17, 15) is 4.39 Å². The summed E-state index contributed by atoms with van der Waals surface area (Å²) in [4.78, 5) is 0. The standard InChI is InChI=1S/C7H15NO.C6H3FO/c1-2-9-7-3-5-8-6-4-7;7-5-3-4-1-2-6(5)8-4/h7-8H,2-6H2,1H3;1-3H. The van der Waals surface area contributed by atoms with Crippen molar-refractivity contribution in [2.45, 2.75) is 25.9 Å². The molecule has 2 bridgehead atoms. The van der Waals surface area contributed by atoms with E-state index in [1.54, 1.807) is 12.1 Å². The number of halogens is 1. The number of piperidine rings is 1. The molecule has 1 aliphatic heterocycles. The summed E-state index contributed by atoms with van der Waals surface area (Å²) < 4.78 is 22.5. The van der Waals surface area contributed by atoms with E-state index in [1.807, 2.05) is 0 Å². The van der Waals surface area contributed by atoms with Crippen molar-refractivity contribution in [1.82, 2.24) is 5.32 Å². The maximum Gasteiger partial charge on any atom is 0.169 e. The maximum absolute atomic E-state index is 12.2. The fraction of sp³-hybridized carbons (Fsp3) is 0.538. The molecule has 3 heterocycles. The van der Waals surface area contributed by atoms with Gasteiger partial charge < -0.3 is 14.5 Å². The molecule has 3 rings (SSSR count). The van der Waals surface area contributed by atoms with Crippen LogP contribution in [0.4, 0.5) is 4.39 Å². The number of hydrogen-bond donors (Lipinski definition) is 1. The number of fused-ring (bicyclic) bond motifs is 2. The largest absolute Gasteiger partial charge is 0.454 e. The third-order valence-corrected chi connectivity index (χ3v) is 2.82. The maximum atomic E-state index is 12.2. The first-order valence-electron chi connectivity index (χ1n) is 6.09. The number of benzene rings is 1. The molecule has 94 valence electrons. The molecule has 0 aliphatic carbocycles. The topological polar surface area (TPSA) is 34.4 Å². The van der Waals surface area contributed by atoms with E-state index >= 15 is 0 Å². The molecule has 0 aromatic carbocycles. The van der Waals surface area contributed by atoms with Crippen molar-refractivity contribution < 1.29 is 13.5 Å². The van der Waals surface area contributed by atoms with Crippen LogP contribution < -0.4 is 5.32 Å². The van der Waals surface area contributed by atoms with Crippen LogP contribution in [0.15, 0.2) is 22.6 Å². The van der Waals surface area contributed by atoms with Crippen LogP contribution in [0.25, 0.3) is 11.2 Å². The Labute approximate surface area is 100 Å². The van der Waals surface area contributed by atoms with Crippen molar-refractivity contribution in [2.24, 2.45) is 0 Å². The molecule has 0 spiro atoms. The molecule has 1 N–H and O–H groups in total. The molecule has 1 fully saturated rings. The Kier molecular flexibility index (Phi) is 4.34. The van der Waals surface area contributed by atoms with Crippen LogP contribution in [-0.4, -0.2) is 25.8 Å². The molecule has 3 nitrogen and oxygen atoms in total. The lowest BCUT2D eigenvalue weighted by Gasteiger charge is -2.21. The van der Waals surface area contributed by atoms with Crippen molar-refractivity contribution in [3.05, 3.63) is 24.0 Å². The molecule has 0 unspecified atom stereocenters. The number of hydrogen-bond acceptors (Lipinski definition) is 3. The monoisotopic (exact) mass is 239 g/mol. The van der Waals surface area contributed by atoms with Crippen LogP contribution >= 0.6 is 0 Å². The molecule has 17 heavy (non-hydrogen) atoms. The average Bonchev–Trinajstić information content (AvgIpc) is 2.93. The Morgan fingerprint density at radius 3 is 2.59 bits per heavy atom. The fourth-order valence-electron chi connectivity index (χ4n) is 1.95. The highest BCUT2D eigenvalue weighted by molar-refractivity contribution is 5.60. The number of ether oxygens (including phenoxy) is 1. The van der Waals surface area contributed by atoms with Crippen LogP contribution in [0, 0.1) is 5.82 Å². The second-order valence-corrected chi connectivity index (χ2v) is 4.10. The highest BCUT2D eigenvalue weighted by Crippen LogP contribution is 2.19. The first-order chi connectivity index (χ1) is 8.29. The highest BCUT2D eigenvalue weighted by atomic mass is 19.1.